The Bertz CT molecular complexity index is 353. The Morgan fingerprint density at radius 1 is 1.38 bits per heavy atom. The first kappa shape index (κ1) is 13.2. The third kappa shape index (κ3) is 4.77. The monoisotopic (exact) mass is 284 g/mol. The summed E-state index contributed by atoms with van der Waals surface area (Å²) in [5.41, 5.74) is 1.02. The lowest BCUT2D eigenvalue weighted by molar-refractivity contribution is -0.120. The van der Waals surface area contributed by atoms with E-state index in [-0.39, 0.29) is 5.91 Å². The molecule has 1 rings (SSSR count). The van der Waals surface area contributed by atoms with Gasteiger partial charge in [0.2, 0.25) is 5.91 Å². The van der Waals surface area contributed by atoms with Gasteiger partial charge in [0.25, 0.3) is 0 Å². The van der Waals surface area contributed by atoms with Gasteiger partial charge in [-0.15, -0.1) is 0 Å². The number of hydrogen-bond donors (Lipinski definition) is 1. The topological polar surface area (TPSA) is 32.3 Å². The van der Waals surface area contributed by atoms with E-state index >= 15 is 0 Å². The second-order valence-electron chi connectivity index (χ2n) is 3.92. The lowest BCUT2D eigenvalue weighted by Gasteiger charge is -2.10. The van der Waals surface area contributed by atoms with Crippen molar-refractivity contribution >= 4 is 21.8 Å². The first-order valence-electron chi connectivity index (χ1n) is 5.24. The molecular weight excluding hydrogens is 268 g/mol. The number of rotatable bonds is 5. The van der Waals surface area contributed by atoms with Gasteiger partial charge in [0, 0.05) is 17.6 Å². The summed E-state index contributed by atoms with van der Waals surface area (Å²) in [7, 11) is 3.97. The number of amides is 1. The van der Waals surface area contributed by atoms with Crippen molar-refractivity contribution in [1.82, 2.24) is 10.2 Å². The molecule has 1 amide bonds. The van der Waals surface area contributed by atoms with Crippen LogP contribution in [-0.2, 0) is 11.2 Å². The minimum Gasteiger partial charge on any atom is -0.355 e. The summed E-state index contributed by atoms with van der Waals surface area (Å²) in [6.07, 6.45) is 0.425. The van der Waals surface area contributed by atoms with E-state index in [1.807, 2.05) is 43.3 Å². The molecular formula is C12H17BrN2O. The zero-order valence-electron chi connectivity index (χ0n) is 9.66. The largest absolute Gasteiger partial charge is 0.355 e. The fourth-order valence-corrected chi connectivity index (χ4v) is 1.72. The second-order valence-corrected chi connectivity index (χ2v) is 4.78. The maximum Gasteiger partial charge on any atom is 0.224 e. The quantitative estimate of drug-likeness (QED) is 0.892. The van der Waals surface area contributed by atoms with Gasteiger partial charge in [-0.2, -0.15) is 0 Å². The molecule has 88 valence electrons. The molecule has 3 nitrogen and oxygen atoms in total. The second kappa shape index (κ2) is 6.66. The number of carbonyl (C=O) groups excluding carboxylic acids is 1. The Kier molecular flexibility index (Phi) is 5.49. The molecule has 0 spiro atoms. The van der Waals surface area contributed by atoms with Crippen LogP contribution in [-0.4, -0.2) is 38.0 Å². The van der Waals surface area contributed by atoms with Crippen LogP contribution in [0.2, 0.25) is 0 Å². The minimum atomic E-state index is 0.0637. The summed E-state index contributed by atoms with van der Waals surface area (Å²) < 4.78 is 0.984. The van der Waals surface area contributed by atoms with Gasteiger partial charge in [-0.3, -0.25) is 4.79 Å². The van der Waals surface area contributed by atoms with Crippen molar-refractivity contribution < 1.29 is 4.79 Å². The van der Waals surface area contributed by atoms with Crippen molar-refractivity contribution in [3.8, 4) is 0 Å². The highest BCUT2D eigenvalue weighted by Gasteiger charge is 2.05. The van der Waals surface area contributed by atoms with E-state index < -0.39 is 0 Å². The van der Waals surface area contributed by atoms with Crippen LogP contribution in [0.15, 0.2) is 28.7 Å². The smallest absolute Gasteiger partial charge is 0.224 e. The Morgan fingerprint density at radius 3 is 2.69 bits per heavy atom. The van der Waals surface area contributed by atoms with E-state index in [9.17, 15) is 4.79 Å². The Labute approximate surface area is 105 Å². The van der Waals surface area contributed by atoms with Gasteiger partial charge in [-0.05, 0) is 25.7 Å². The van der Waals surface area contributed by atoms with E-state index in [1.165, 1.54) is 0 Å². The molecule has 0 heterocycles. The van der Waals surface area contributed by atoms with Crippen LogP contribution in [0.4, 0.5) is 0 Å². The zero-order chi connectivity index (χ0) is 12.0. The Morgan fingerprint density at radius 2 is 2.06 bits per heavy atom. The average molecular weight is 285 g/mol. The number of nitrogens with one attached hydrogen (secondary N) is 1. The van der Waals surface area contributed by atoms with Crippen LogP contribution in [0.1, 0.15) is 5.56 Å². The fraction of sp³-hybridized carbons (Fsp3) is 0.417. The van der Waals surface area contributed by atoms with E-state index in [0.717, 1.165) is 16.6 Å². The number of nitrogens with zero attached hydrogens (tertiary/aromatic N) is 1. The molecule has 0 atom stereocenters. The highest BCUT2D eigenvalue weighted by Crippen LogP contribution is 2.15. The highest BCUT2D eigenvalue weighted by molar-refractivity contribution is 9.10. The van der Waals surface area contributed by atoms with Crippen molar-refractivity contribution in [2.75, 3.05) is 27.2 Å². The molecule has 0 aliphatic carbocycles. The predicted octanol–water partition coefficient (Wildman–Crippen LogP) is 1.67. The average Bonchev–Trinajstić information content (AvgIpc) is 2.21. The van der Waals surface area contributed by atoms with Crippen molar-refractivity contribution in [3.63, 3.8) is 0 Å². The lowest BCUT2D eigenvalue weighted by Crippen LogP contribution is -2.32. The molecule has 0 bridgehead atoms. The summed E-state index contributed by atoms with van der Waals surface area (Å²) in [6, 6.07) is 7.78. The maximum atomic E-state index is 11.6. The van der Waals surface area contributed by atoms with Crippen molar-refractivity contribution in [1.29, 1.82) is 0 Å². The molecule has 16 heavy (non-hydrogen) atoms. The zero-order valence-corrected chi connectivity index (χ0v) is 11.3. The van der Waals surface area contributed by atoms with Gasteiger partial charge in [-0.25, -0.2) is 0 Å². The Balaban J connectivity index is 2.37. The summed E-state index contributed by atoms with van der Waals surface area (Å²) in [6.45, 7) is 1.55. The highest BCUT2D eigenvalue weighted by atomic mass is 79.9. The SMILES string of the molecule is CN(C)CCNC(=O)Cc1ccccc1Br. The number of benzene rings is 1. The first-order valence-corrected chi connectivity index (χ1v) is 6.03. The molecule has 1 aromatic rings. The van der Waals surface area contributed by atoms with E-state index in [4.69, 9.17) is 0 Å². The molecule has 1 N–H and O–H groups in total. The van der Waals surface area contributed by atoms with Gasteiger partial charge in [0.05, 0.1) is 6.42 Å². The number of halogens is 1. The van der Waals surface area contributed by atoms with E-state index in [0.29, 0.717) is 13.0 Å². The number of hydrogen-bond acceptors (Lipinski definition) is 2. The molecule has 0 saturated heterocycles. The molecule has 0 fully saturated rings. The van der Waals surface area contributed by atoms with E-state index in [2.05, 4.69) is 21.2 Å². The molecule has 4 heteroatoms. The normalized spacial score (nSPS) is 10.5. The molecule has 0 aliphatic heterocycles. The predicted molar refractivity (Wildman–Crippen MR) is 69.4 cm³/mol. The third-order valence-electron chi connectivity index (χ3n) is 2.19. The number of carbonyl (C=O) groups is 1. The first-order chi connectivity index (χ1) is 7.59. The van der Waals surface area contributed by atoms with Crippen molar-refractivity contribution in [2.45, 2.75) is 6.42 Å². The summed E-state index contributed by atoms with van der Waals surface area (Å²) in [5.74, 6) is 0.0637. The maximum absolute atomic E-state index is 11.6. The lowest BCUT2D eigenvalue weighted by atomic mass is 10.1. The molecule has 0 aliphatic rings. The fourth-order valence-electron chi connectivity index (χ4n) is 1.30. The summed E-state index contributed by atoms with van der Waals surface area (Å²) >= 11 is 3.43. The van der Waals surface area contributed by atoms with Crippen LogP contribution in [0.5, 0.6) is 0 Å². The van der Waals surface area contributed by atoms with Crippen LogP contribution in [0, 0.1) is 0 Å². The summed E-state index contributed by atoms with van der Waals surface area (Å²) in [5, 5.41) is 2.89. The number of likely N-dealkylation sites (N-methyl/N-ethyl adjacent to an activating group) is 1. The Hall–Kier alpha value is -0.870. The van der Waals surface area contributed by atoms with Crippen molar-refractivity contribution in [3.05, 3.63) is 34.3 Å². The van der Waals surface area contributed by atoms with E-state index in [1.54, 1.807) is 0 Å². The van der Waals surface area contributed by atoms with Gasteiger partial charge < -0.3 is 10.2 Å². The molecule has 1 aromatic carbocycles. The van der Waals surface area contributed by atoms with Gasteiger partial charge in [0.1, 0.15) is 0 Å². The molecule has 0 saturated carbocycles. The van der Waals surface area contributed by atoms with Crippen LogP contribution in [0.3, 0.4) is 0 Å². The van der Waals surface area contributed by atoms with Crippen LogP contribution in [0.25, 0.3) is 0 Å². The van der Waals surface area contributed by atoms with Gasteiger partial charge in [0.15, 0.2) is 0 Å². The van der Waals surface area contributed by atoms with Gasteiger partial charge in [-0.1, -0.05) is 34.1 Å². The van der Waals surface area contributed by atoms with Gasteiger partial charge >= 0.3 is 0 Å². The minimum absolute atomic E-state index is 0.0637. The third-order valence-corrected chi connectivity index (χ3v) is 2.96. The van der Waals surface area contributed by atoms with Crippen LogP contribution < -0.4 is 5.32 Å². The molecule has 0 unspecified atom stereocenters. The molecule has 0 radical (unpaired) electrons. The standard InChI is InChI=1S/C12H17BrN2O/c1-15(2)8-7-14-12(16)9-10-5-3-4-6-11(10)13/h3-6H,7-9H2,1-2H3,(H,14,16). The van der Waals surface area contributed by atoms with Crippen LogP contribution >= 0.6 is 15.9 Å². The molecule has 0 aromatic heterocycles. The summed E-state index contributed by atoms with van der Waals surface area (Å²) in [4.78, 5) is 13.6. The van der Waals surface area contributed by atoms with Crippen molar-refractivity contribution in [2.24, 2.45) is 0 Å².